The number of hydrogen-bond acceptors (Lipinski definition) is 8. The smallest absolute Gasteiger partial charge is 0.726 e. The summed E-state index contributed by atoms with van der Waals surface area (Å²) in [6.07, 6.45) is 11.7. The van der Waals surface area contributed by atoms with Crippen molar-refractivity contribution in [1.29, 1.82) is 0 Å². The molecule has 8 nitrogen and oxygen atoms in total. The summed E-state index contributed by atoms with van der Waals surface area (Å²) >= 11 is 0. The van der Waals surface area contributed by atoms with Gasteiger partial charge >= 0.3 is 29.6 Å². The average molecular weight is 635 g/mol. The molecule has 0 atom stereocenters. The van der Waals surface area contributed by atoms with E-state index in [4.69, 9.17) is 11.5 Å². The average Bonchev–Trinajstić information content (AvgIpc) is 2.90. The van der Waals surface area contributed by atoms with E-state index in [1.807, 2.05) is 6.07 Å². The Morgan fingerprint density at radius 1 is 0.659 bits per heavy atom. The van der Waals surface area contributed by atoms with Gasteiger partial charge in [-0.1, -0.05) is 112 Å². The predicted octanol–water partition coefficient (Wildman–Crippen LogP) is 4.36. The zero-order valence-corrected chi connectivity index (χ0v) is 31.5. The summed E-state index contributed by atoms with van der Waals surface area (Å²) in [6, 6.07) is 7.15. The van der Waals surface area contributed by atoms with Crippen LogP contribution in [0.25, 0.3) is 0 Å². The fourth-order valence-electron chi connectivity index (χ4n) is 3.65. The third-order valence-electron chi connectivity index (χ3n) is 6.32. The number of nitrogens with zero attached hydrogens (tertiary/aromatic N) is 2. The largest absolute Gasteiger partial charge is 1.00 e. The number of hydrogen-bond donors (Lipinski definition) is 2. The standard InChI is InChI=1S/C12H26O4S.C6H8N2.2C6H15N.ClH.Na/c1-2-3-4-5-6-7-8-9-10-11-12-16-17(13,14)15;7-5-2-1-3-6(8)4-5;2*1-4-7(5-2)6-3;;/h2-12H2,1H3,(H,13,14,15);1-4H,7-8H2;2*4-6H2,1-3H3;1H;/q;;;;;+1/p-1. The van der Waals surface area contributed by atoms with E-state index in [0.29, 0.717) is 17.8 Å². The second-order valence-corrected chi connectivity index (χ2v) is 10.4. The number of benzene rings is 1. The molecule has 0 bridgehead atoms. The van der Waals surface area contributed by atoms with Crippen LogP contribution in [0.4, 0.5) is 11.4 Å². The minimum absolute atomic E-state index is 0. The van der Waals surface area contributed by atoms with Gasteiger partial charge in [0.1, 0.15) is 0 Å². The molecule has 242 valence electrons. The van der Waals surface area contributed by atoms with Crippen LogP contribution in [0.2, 0.25) is 0 Å². The third kappa shape index (κ3) is 44.5. The van der Waals surface area contributed by atoms with E-state index in [1.165, 1.54) is 84.2 Å². The summed E-state index contributed by atoms with van der Waals surface area (Å²) in [4.78, 5) is 4.75. The Hall–Kier alpha value is -0.100. The van der Waals surface area contributed by atoms with Gasteiger partial charge < -0.3 is 25.8 Å². The maximum absolute atomic E-state index is 10.1. The van der Waals surface area contributed by atoms with Crippen molar-refractivity contribution in [1.82, 2.24) is 9.80 Å². The fraction of sp³-hybridized carbons (Fsp3) is 0.800. The molecule has 0 radical (unpaired) electrons. The quantitative estimate of drug-likeness (QED) is 0.0803. The van der Waals surface area contributed by atoms with Crippen LogP contribution in [0.1, 0.15) is 113 Å². The van der Waals surface area contributed by atoms with Gasteiger partial charge in [0.2, 0.25) is 10.4 Å². The van der Waals surface area contributed by atoms with E-state index in [2.05, 4.69) is 62.4 Å². The Morgan fingerprint density at radius 2 is 0.976 bits per heavy atom. The fourth-order valence-corrected chi connectivity index (χ4v) is 3.97. The van der Waals surface area contributed by atoms with Crippen molar-refractivity contribution in [2.45, 2.75) is 113 Å². The molecule has 1 rings (SSSR count). The van der Waals surface area contributed by atoms with Crippen molar-refractivity contribution in [2.75, 3.05) is 57.3 Å². The van der Waals surface area contributed by atoms with Gasteiger partial charge in [0, 0.05) is 11.4 Å². The Kier molecular flexibility index (Phi) is 46.7. The molecular weight excluding hydrogens is 571 g/mol. The third-order valence-corrected chi connectivity index (χ3v) is 6.77. The van der Waals surface area contributed by atoms with Crippen molar-refractivity contribution in [3.05, 3.63) is 24.3 Å². The van der Waals surface area contributed by atoms with E-state index in [1.54, 1.807) is 18.2 Å². The molecule has 0 aliphatic heterocycles. The summed E-state index contributed by atoms with van der Waals surface area (Å²) in [6.45, 7) is 22.5. The molecule has 0 aliphatic carbocycles. The SMILES string of the molecule is CCCCCCCCCCCCOS(=O)(=O)[O-].CCN(CC)CC.CCN(CC)CC.Cl.Nc1cccc(N)c1.[Na+]. The zero-order valence-electron chi connectivity index (χ0n) is 27.8. The molecule has 0 unspecified atom stereocenters. The van der Waals surface area contributed by atoms with Gasteiger partial charge in [0.15, 0.2) is 0 Å². The second kappa shape index (κ2) is 37.9. The van der Waals surface area contributed by atoms with Gasteiger partial charge in [0.05, 0.1) is 6.61 Å². The molecule has 1 aromatic rings. The minimum atomic E-state index is -4.48. The molecule has 0 aromatic heterocycles. The van der Waals surface area contributed by atoms with Gasteiger partial charge in [0.25, 0.3) is 0 Å². The van der Waals surface area contributed by atoms with Crippen molar-refractivity contribution in [3.63, 3.8) is 0 Å². The topological polar surface area (TPSA) is 125 Å². The summed E-state index contributed by atoms with van der Waals surface area (Å²) < 4.78 is 34.5. The first-order valence-corrected chi connectivity index (χ1v) is 16.5. The second-order valence-electron chi connectivity index (χ2n) is 9.32. The molecule has 0 saturated carbocycles. The summed E-state index contributed by atoms with van der Waals surface area (Å²) in [5, 5.41) is 0. The predicted molar refractivity (Wildman–Crippen MR) is 177 cm³/mol. The molecule has 41 heavy (non-hydrogen) atoms. The molecule has 1 aromatic carbocycles. The van der Waals surface area contributed by atoms with Crippen LogP contribution in [0.15, 0.2) is 24.3 Å². The molecule has 0 amide bonds. The van der Waals surface area contributed by atoms with Crippen LogP contribution in [0.5, 0.6) is 0 Å². The monoisotopic (exact) mass is 634 g/mol. The van der Waals surface area contributed by atoms with Gasteiger partial charge in [-0.25, -0.2) is 8.42 Å². The van der Waals surface area contributed by atoms with Crippen molar-refractivity contribution >= 4 is 34.2 Å². The summed E-state index contributed by atoms with van der Waals surface area (Å²) in [7, 11) is -4.48. The number of rotatable bonds is 18. The van der Waals surface area contributed by atoms with Gasteiger partial charge in [-0.15, -0.1) is 12.4 Å². The van der Waals surface area contributed by atoms with E-state index in [9.17, 15) is 13.0 Å². The minimum Gasteiger partial charge on any atom is -0.726 e. The molecule has 0 spiro atoms. The molecule has 11 heteroatoms. The Bertz CT molecular complexity index is 686. The van der Waals surface area contributed by atoms with Crippen molar-refractivity contribution in [3.8, 4) is 0 Å². The number of halogens is 1. The Labute approximate surface area is 283 Å². The first-order chi connectivity index (χ1) is 18.5. The van der Waals surface area contributed by atoms with Crippen LogP contribution in [0.3, 0.4) is 0 Å². The number of unbranched alkanes of at least 4 members (excludes halogenated alkanes) is 9. The zero-order chi connectivity index (χ0) is 30.4. The van der Waals surface area contributed by atoms with Gasteiger partial charge in [-0.05, 0) is 63.9 Å². The molecule has 0 aliphatic rings. The first kappa shape index (κ1) is 50.5. The van der Waals surface area contributed by atoms with Crippen LogP contribution in [-0.4, -0.2) is 68.6 Å². The van der Waals surface area contributed by atoms with Crippen LogP contribution >= 0.6 is 12.4 Å². The molecule has 0 saturated heterocycles. The van der Waals surface area contributed by atoms with Gasteiger partial charge in [-0.2, -0.15) is 0 Å². The number of nitrogen functional groups attached to an aromatic ring is 2. The van der Waals surface area contributed by atoms with Crippen LogP contribution in [-0.2, 0) is 14.6 Å². The normalized spacial score (nSPS) is 10.2. The van der Waals surface area contributed by atoms with E-state index >= 15 is 0 Å². The number of anilines is 2. The first-order valence-electron chi connectivity index (χ1n) is 15.2. The summed E-state index contributed by atoms with van der Waals surface area (Å²) in [5.74, 6) is 0. The van der Waals surface area contributed by atoms with Gasteiger partial charge in [-0.3, -0.25) is 4.18 Å². The van der Waals surface area contributed by atoms with Crippen LogP contribution in [0, 0.1) is 0 Å². The Balaban J connectivity index is -0.000000151. The summed E-state index contributed by atoms with van der Waals surface area (Å²) in [5.41, 5.74) is 12.2. The Morgan fingerprint density at radius 3 is 1.20 bits per heavy atom. The molecule has 0 fully saturated rings. The van der Waals surface area contributed by atoms with Crippen molar-refractivity contribution < 1.29 is 46.7 Å². The number of nitrogens with two attached hydrogens (primary N) is 2. The van der Waals surface area contributed by atoms with E-state index in [0.717, 1.165) is 12.8 Å². The molecule has 0 heterocycles. The maximum atomic E-state index is 10.1. The molecular formula is C30H64ClN4NaO4S. The van der Waals surface area contributed by atoms with E-state index < -0.39 is 10.4 Å². The van der Waals surface area contributed by atoms with Crippen molar-refractivity contribution in [2.24, 2.45) is 0 Å². The van der Waals surface area contributed by atoms with Crippen LogP contribution < -0.4 is 41.0 Å². The van der Waals surface area contributed by atoms with E-state index in [-0.39, 0.29) is 48.6 Å². The molecule has 4 N–H and O–H groups in total. The maximum Gasteiger partial charge on any atom is 1.00 e.